The van der Waals surface area contributed by atoms with Gasteiger partial charge in [-0.15, -0.1) is 0 Å². The fourth-order valence-electron chi connectivity index (χ4n) is 4.54. The van der Waals surface area contributed by atoms with Crippen LogP contribution in [0, 0.1) is 28.4 Å². The Morgan fingerprint density at radius 1 is 1.11 bits per heavy atom. The van der Waals surface area contributed by atoms with E-state index < -0.39 is 53.2 Å². The number of benzene rings is 2. The Bertz CT molecular complexity index is 1260. The van der Waals surface area contributed by atoms with Gasteiger partial charge >= 0.3 is 18.1 Å². The largest absolute Gasteiger partial charge is 0.490 e. The molecule has 0 aromatic heterocycles. The van der Waals surface area contributed by atoms with E-state index in [1.807, 2.05) is 20.8 Å². The number of rotatable bonds is 4. The lowest BCUT2D eigenvalue weighted by Crippen LogP contribution is -2.44. The highest BCUT2D eigenvalue weighted by Gasteiger charge is 2.61. The molecule has 0 unspecified atom stereocenters. The molecule has 6 nitrogen and oxygen atoms in total. The van der Waals surface area contributed by atoms with Gasteiger partial charge in [-0.2, -0.15) is 18.4 Å². The highest BCUT2D eigenvalue weighted by atomic mass is 35.5. The number of carboxylic acid groups (broad SMARTS) is 2. The van der Waals surface area contributed by atoms with Gasteiger partial charge in [0.05, 0.1) is 11.1 Å². The van der Waals surface area contributed by atoms with Gasteiger partial charge in [-0.05, 0) is 35.6 Å². The molecule has 0 bridgehead atoms. The van der Waals surface area contributed by atoms with Crippen molar-refractivity contribution >= 4 is 35.1 Å². The monoisotopic (exact) mass is 580 g/mol. The van der Waals surface area contributed by atoms with Gasteiger partial charge < -0.3 is 10.2 Å². The second-order valence-electron chi connectivity index (χ2n) is 9.83. The molecule has 1 heterocycles. The first-order valence-corrected chi connectivity index (χ1v) is 11.7. The third-order valence-electron chi connectivity index (χ3n) is 5.96. The first-order valence-electron chi connectivity index (χ1n) is 11.0. The maximum atomic E-state index is 15.2. The smallest absolute Gasteiger partial charge is 0.480 e. The average Bonchev–Trinajstić information content (AvgIpc) is 3.08. The topological polar surface area (TPSA) is 110 Å². The molecule has 1 saturated heterocycles. The summed E-state index contributed by atoms with van der Waals surface area (Å²) in [5.41, 5.74) is -2.15. The van der Waals surface area contributed by atoms with E-state index in [1.165, 1.54) is 30.3 Å². The zero-order valence-corrected chi connectivity index (χ0v) is 21.7. The van der Waals surface area contributed by atoms with Gasteiger partial charge in [0.1, 0.15) is 23.1 Å². The van der Waals surface area contributed by atoms with E-state index in [-0.39, 0.29) is 26.6 Å². The van der Waals surface area contributed by atoms with Gasteiger partial charge in [-0.1, -0.05) is 62.2 Å². The van der Waals surface area contributed by atoms with E-state index in [1.54, 1.807) is 0 Å². The Hall–Kier alpha value is -2.94. The summed E-state index contributed by atoms with van der Waals surface area (Å²) >= 11 is 11.9. The van der Waals surface area contributed by atoms with E-state index in [0.717, 1.165) is 6.07 Å². The van der Waals surface area contributed by atoms with Crippen LogP contribution >= 0.6 is 23.2 Å². The first-order chi connectivity index (χ1) is 17.4. The van der Waals surface area contributed by atoms with E-state index in [9.17, 15) is 28.3 Å². The minimum atomic E-state index is -5.08. The molecule has 13 heteroatoms. The molecule has 1 fully saturated rings. The van der Waals surface area contributed by atoms with Crippen LogP contribution in [-0.4, -0.2) is 40.4 Å². The Morgan fingerprint density at radius 2 is 1.68 bits per heavy atom. The summed E-state index contributed by atoms with van der Waals surface area (Å²) in [5, 5.41) is 30.5. The van der Waals surface area contributed by atoms with Gasteiger partial charge in [-0.3, -0.25) is 10.1 Å². The van der Waals surface area contributed by atoms with Crippen molar-refractivity contribution in [2.24, 2.45) is 5.41 Å². The predicted molar refractivity (Wildman–Crippen MR) is 129 cm³/mol. The fraction of sp³-hybridized carbons (Fsp3) is 0.400. The normalized spacial score (nSPS) is 23.2. The molecule has 0 aliphatic carbocycles. The van der Waals surface area contributed by atoms with Gasteiger partial charge in [0.25, 0.3) is 0 Å². The molecule has 1 aliphatic heterocycles. The van der Waals surface area contributed by atoms with E-state index >= 15 is 8.78 Å². The van der Waals surface area contributed by atoms with Crippen LogP contribution in [0.3, 0.4) is 0 Å². The number of halogens is 7. The summed E-state index contributed by atoms with van der Waals surface area (Å²) in [5.74, 6) is -6.85. The number of nitrogens with zero attached hydrogens (tertiary/aromatic N) is 1. The number of aliphatic carboxylic acids is 2. The van der Waals surface area contributed by atoms with Crippen LogP contribution in [0.25, 0.3) is 0 Å². The summed E-state index contributed by atoms with van der Waals surface area (Å²) in [6.45, 7) is 5.79. The third-order valence-corrected chi connectivity index (χ3v) is 6.48. The molecule has 3 N–H and O–H groups in total. The quantitative estimate of drug-likeness (QED) is 0.365. The Balaban J connectivity index is 0.000000638. The molecule has 0 amide bonds. The van der Waals surface area contributed by atoms with Crippen LogP contribution in [0.4, 0.5) is 22.0 Å². The molecule has 206 valence electrons. The van der Waals surface area contributed by atoms with Crippen molar-refractivity contribution in [2.75, 3.05) is 0 Å². The Labute approximate surface area is 225 Å². The average molecular weight is 581 g/mol. The minimum Gasteiger partial charge on any atom is -0.480 e. The van der Waals surface area contributed by atoms with Crippen molar-refractivity contribution in [1.82, 2.24) is 5.32 Å². The Morgan fingerprint density at radius 3 is 2.13 bits per heavy atom. The zero-order valence-electron chi connectivity index (χ0n) is 20.2. The Kier molecular flexibility index (Phi) is 9.41. The summed E-state index contributed by atoms with van der Waals surface area (Å²) < 4.78 is 62.1. The van der Waals surface area contributed by atoms with Crippen molar-refractivity contribution in [3.05, 3.63) is 69.2 Å². The lowest BCUT2D eigenvalue weighted by Gasteiger charge is -2.37. The highest BCUT2D eigenvalue weighted by molar-refractivity contribution is 6.31. The highest BCUT2D eigenvalue weighted by Crippen LogP contribution is 2.52. The van der Waals surface area contributed by atoms with Gasteiger partial charge in [-0.25, -0.2) is 13.6 Å². The predicted octanol–water partition coefficient (Wildman–Crippen LogP) is 6.31. The maximum absolute atomic E-state index is 15.2. The summed E-state index contributed by atoms with van der Waals surface area (Å²) in [7, 11) is 0. The third kappa shape index (κ3) is 6.54. The van der Waals surface area contributed by atoms with Crippen LogP contribution in [0.15, 0.2) is 36.4 Å². The molecule has 4 atom stereocenters. The molecule has 0 radical (unpaired) electrons. The second kappa shape index (κ2) is 11.4. The molecule has 0 spiro atoms. The van der Waals surface area contributed by atoms with Crippen LogP contribution in [0.5, 0.6) is 0 Å². The second-order valence-corrected chi connectivity index (χ2v) is 10.7. The molecule has 0 saturated carbocycles. The molecule has 2 aromatic rings. The first kappa shape index (κ1) is 31.3. The lowest BCUT2D eigenvalue weighted by molar-refractivity contribution is -0.192. The van der Waals surface area contributed by atoms with Crippen LogP contribution < -0.4 is 5.32 Å². The van der Waals surface area contributed by atoms with Gasteiger partial charge in [0.15, 0.2) is 0 Å². The zero-order chi connectivity index (χ0) is 29.2. The molecule has 38 heavy (non-hydrogen) atoms. The van der Waals surface area contributed by atoms with E-state index in [4.69, 9.17) is 33.1 Å². The van der Waals surface area contributed by atoms with Crippen molar-refractivity contribution in [3.63, 3.8) is 0 Å². The minimum absolute atomic E-state index is 0.0331. The molecule has 2 aromatic carbocycles. The van der Waals surface area contributed by atoms with E-state index in [2.05, 4.69) is 11.4 Å². The van der Waals surface area contributed by atoms with Crippen molar-refractivity contribution in [3.8, 4) is 6.07 Å². The number of nitriles is 1. The summed E-state index contributed by atoms with van der Waals surface area (Å²) in [6, 6.07) is 8.16. The van der Waals surface area contributed by atoms with Crippen molar-refractivity contribution in [1.29, 1.82) is 5.26 Å². The van der Waals surface area contributed by atoms with Crippen LogP contribution in [0.2, 0.25) is 10.0 Å². The number of alkyl halides is 3. The molecule has 3 rings (SSSR count). The maximum Gasteiger partial charge on any atom is 0.490 e. The fourth-order valence-corrected chi connectivity index (χ4v) is 4.88. The van der Waals surface area contributed by atoms with Crippen LogP contribution in [-0.2, 0) is 15.0 Å². The van der Waals surface area contributed by atoms with Crippen molar-refractivity contribution < 1.29 is 41.8 Å². The lowest BCUT2D eigenvalue weighted by atomic mass is 9.62. The number of nitrogens with one attached hydrogen (secondary N) is 1. The van der Waals surface area contributed by atoms with Gasteiger partial charge in [0, 0.05) is 22.5 Å². The summed E-state index contributed by atoms with van der Waals surface area (Å²) in [4.78, 5) is 21.1. The van der Waals surface area contributed by atoms with E-state index in [0.29, 0.717) is 6.42 Å². The number of hydrogen-bond donors (Lipinski definition) is 3. The standard InChI is InChI=1S/C23H22Cl2F2N2O2.C2HF3O2/c1-22(2,3)10-17-23(11-28,14-8-7-12(24)9-16(14)26)18(20(29-17)21(30)31)13-5-4-6-15(25)19(13)27;3-2(4,5)1(6)7/h4-9,17-18,20,29H,10H2,1-3H3,(H,30,31);(H,6,7)/t17-,18-,20-,23-;/m0./s1. The number of carboxylic acids is 2. The summed E-state index contributed by atoms with van der Waals surface area (Å²) in [6.07, 6.45) is -4.74. The SMILES string of the molecule is CC(C)(C)C[C@@H]1N[C@H](C(=O)O)[C@H](c2cccc(Cl)c2F)[C@@]1(C#N)c1ccc(Cl)cc1F.O=C(O)C(F)(F)F. The van der Waals surface area contributed by atoms with Crippen LogP contribution in [0.1, 0.15) is 44.2 Å². The van der Waals surface area contributed by atoms with Crippen molar-refractivity contribution in [2.45, 2.75) is 56.8 Å². The van der Waals surface area contributed by atoms with Gasteiger partial charge in [0.2, 0.25) is 0 Å². The molecule has 1 aliphatic rings. The molecular formula is C25H23Cl2F5N2O4. The number of carbonyl (C=O) groups is 2. The molecular weight excluding hydrogens is 558 g/mol. The number of hydrogen-bond acceptors (Lipinski definition) is 4.